The number of fused-ring (bicyclic) bond motifs is 3. The van der Waals surface area contributed by atoms with E-state index in [1.807, 2.05) is 36.4 Å². The zero-order chi connectivity index (χ0) is 31.9. The van der Waals surface area contributed by atoms with Crippen molar-refractivity contribution in [3.05, 3.63) is 170 Å². The third-order valence-corrected chi connectivity index (χ3v) is 8.91. The lowest BCUT2D eigenvalue weighted by molar-refractivity contribution is 0.580. The van der Waals surface area contributed by atoms with Crippen LogP contribution in [0.4, 0.5) is 0 Å². The first-order valence-corrected chi connectivity index (χ1v) is 16.0. The third kappa shape index (κ3) is 4.97. The highest BCUT2D eigenvalue weighted by Gasteiger charge is 2.18. The molecule has 9 aromatic rings. The molecule has 0 saturated carbocycles. The fourth-order valence-electron chi connectivity index (χ4n) is 6.50. The molecule has 9 rings (SSSR count). The summed E-state index contributed by atoms with van der Waals surface area (Å²) < 4.78 is 11.7. The highest BCUT2D eigenvalue weighted by Crippen LogP contribution is 2.40. The molecule has 4 heteroatoms. The molecule has 0 saturated heterocycles. The number of pyridine rings is 2. The summed E-state index contributed by atoms with van der Waals surface area (Å²) >= 11 is 0. The monoisotopic (exact) mass is 616 g/mol. The van der Waals surface area contributed by atoms with Crippen molar-refractivity contribution in [2.75, 3.05) is 0 Å². The summed E-state index contributed by atoms with van der Waals surface area (Å²) in [5.41, 5.74) is 12.1. The van der Waals surface area contributed by atoms with Crippen LogP contribution in [0.1, 0.15) is 0 Å². The van der Waals surface area contributed by atoms with E-state index in [-0.39, 0.29) is 0 Å². The van der Waals surface area contributed by atoms with Gasteiger partial charge in [-0.25, -0.2) is 9.97 Å². The maximum absolute atomic E-state index is 5.87. The van der Waals surface area contributed by atoms with Gasteiger partial charge >= 0.3 is 0 Å². The van der Waals surface area contributed by atoms with Crippen LogP contribution in [-0.4, -0.2) is 9.97 Å². The van der Waals surface area contributed by atoms with Gasteiger partial charge in [-0.15, -0.1) is 0 Å². The average Bonchev–Trinajstić information content (AvgIpc) is 3.91. The van der Waals surface area contributed by atoms with E-state index in [0.717, 1.165) is 55.4 Å². The molecular formula is C44H28N2O2. The normalized spacial score (nSPS) is 11.3. The van der Waals surface area contributed by atoms with Gasteiger partial charge in [-0.05, 0) is 80.9 Å². The Kier molecular flexibility index (Phi) is 6.76. The van der Waals surface area contributed by atoms with Crippen molar-refractivity contribution in [3.63, 3.8) is 0 Å². The molecule has 226 valence electrons. The number of rotatable bonds is 6. The molecule has 4 heterocycles. The minimum atomic E-state index is 0.704. The maximum Gasteiger partial charge on any atom is 0.152 e. The molecule has 0 unspecified atom stereocenters. The van der Waals surface area contributed by atoms with E-state index in [2.05, 4.69) is 121 Å². The van der Waals surface area contributed by atoms with Crippen LogP contribution in [0.25, 0.3) is 89.2 Å². The van der Waals surface area contributed by atoms with E-state index in [0.29, 0.717) is 11.5 Å². The summed E-state index contributed by atoms with van der Waals surface area (Å²) in [6.07, 6.45) is 3.37. The van der Waals surface area contributed by atoms with Crippen molar-refractivity contribution in [2.45, 2.75) is 0 Å². The van der Waals surface area contributed by atoms with Crippen LogP contribution in [-0.2, 0) is 0 Å². The second-order valence-electron chi connectivity index (χ2n) is 11.8. The van der Waals surface area contributed by atoms with Crippen molar-refractivity contribution in [1.29, 1.82) is 0 Å². The largest absolute Gasteiger partial charge is 0.463 e. The zero-order valence-electron chi connectivity index (χ0n) is 25.9. The Balaban J connectivity index is 1.27. The lowest BCUT2D eigenvalue weighted by Gasteiger charge is -2.15. The molecule has 0 bridgehead atoms. The van der Waals surface area contributed by atoms with Gasteiger partial charge < -0.3 is 8.83 Å². The Bertz CT molecular complexity index is 2320. The molecule has 4 aromatic heterocycles. The van der Waals surface area contributed by atoms with Crippen molar-refractivity contribution in [2.24, 2.45) is 0 Å². The maximum atomic E-state index is 5.87. The van der Waals surface area contributed by atoms with E-state index in [4.69, 9.17) is 18.8 Å². The second-order valence-corrected chi connectivity index (χ2v) is 11.8. The van der Waals surface area contributed by atoms with Crippen molar-refractivity contribution >= 4 is 21.8 Å². The van der Waals surface area contributed by atoms with E-state index in [9.17, 15) is 0 Å². The van der Waals surface area contributed by atoms with E-state index in [1.165, 1.54) is 22.3 Å². The standard InChI is InChI=1S/C44H28N2O2/c1-3-9-29(10-4-1)31-15-19-33(20-16-31)37-27-39(41-13-7-25-47-41)45-43-35(37)23-24-36-38(28-40(46-44(36)43)42-14-8-26-48-42)34-21-17-32(18-22-34)30-11-5-2-6-12-30/h1-28H. The quantitative estimate of drug-likeness (QED) is 0.174. The van der Waals surface area contributed by atoms with Crippen molar-refractivity contribution in [3.8, 4) is 67.4 Å². The summed E-state index contributed by atoms with van der Waals surface area (Å²) in [6, 6.07) is 54.6. The Labute approximate surface area is 277 Å². The summed E-state index contributed by atoms with van der Waals surface area (Å²) in [5, 5.41) is 2.03. The van der Waals surface area contributed by atoms with Gasteiger partial charge in [0.15, 0.2) is 11.5 Å². The molecule has 0 amide bonds. The van der Waals surface area contributed by atoms with Crippen molar-refractivity contribution in [1.82, 2.24) is 9.97 Å². The summed E-state index contributed by atoms with van der Waals surface area (Å²) in [6.45, 7) is 0. The molecule has 5 aromatic carbocycles. The molecule has 0 aliphatic heterocycles. The Morgan fingerprint density at radius 1 is 0.333 bits per heavy atom. The van der Waals surface area contributed by atoms with Gasteiger partial charge in [-0.3, -0.25) is 0 Å². The minimum absolute atomic E-state index is 0.704. The number of furan rings is 2. The van der Waals surface area contributed by atoms with Gasteiger partial charge in [0, 0.05) is 10.8 Å². The number of hydrogen-bond donors (Lipinski definition) is 0. The number of nitrogens with zero attached hydrogens (tertiary/aromatic N) is 2. The fraction of sp³-hybridized carbons (Fsp3) is 0. The zero-order valence-corrected chi connectivity index (χ0v) is 25.9. The number of aromatic nitrogens is 2. The van der Waals surface area contributed by atoms with E-state index >= 15 is 0 Å². The summed E-state index contributed by atoms with van der Waals surface area (Å²) in [4.78, 5) is 10.4. The summed E-state index contributed by atoms with van der Waals surface area (Å²) in [7, 11) is 0. The first-order chi connectivity index (χ1) is 23.8. The molecule has 0 atom stereocenters. The highest BCUT2D eigenvalue weighted by atomic mass is 16.3. The average molecular weight is 617 g/mol. The number of hydrogen-bond acceptors (Lipinski definition) is 4. The van der Waals surface area contributed by atoms with Crippen LogP contribution in [0.15, 0.2) is 179 Å². The minimum Gasteiger partial charge on any atom is -0.463 e. The molecule has 0 fully saturated rings. The molecular weight excluding hydrogens is 588 g/mol. The van der Waals surface area contributed by atoms with Crippen LogP contribution in [0, 0.1) is 0 Å². The van der Waals surface area contributed by atoms with Crippen LogP contribution < -0.4 is 0 Å². The molecule has 0 N–H and O–H groups in total. The van der Waals surface area contributed by atoms with E-state index in [1.54, 1.807) is 12.5 Å². The van der Waals surface area contributed by atoms with Crippen LogP contribution >= 0.6 is 0 Å². The Morgan fingerprint density at radius 3 is 1.08 bits per heavy atom. The van der Waals surface area contributed by atoms with Crippen LogP contribution in [0.3, 0.4) is 0 Å². The van der Waals surface area contributed by atoms with Crippen molar-refractivity contribution < 1.29 is 8.83 Å². The first-order valence-electron chi connectivity index (χ1n) is 16.0. The molecule has 0 aliphatic rings. The smallest absolute Gasteiger partial charge is 0.152 e. The van der Waals surface area contributed by atoms with Gasteiger partial charge in [0.2, 0.25) is 0 Å². The second kappa shape index (κ2) is 11.7. The molecule has 48 heavy (non-hydrogen) atoms. The SMILES string of the molecule is c1ccc(-c2ccc(-c3cc(-c4ccco4)nc4c3ccc3c(-c5ccc(-c6ccccc6)cc5)cc(-c5ccco5)nc34)cc2)cc1. The van der Waals surface area contributed by atoms with Gasteiger partial charge in [0.05, 0.1) is 23.6 Å². The van der Waals surface area contributed by atoms with E-state index < -0.39 is 0 Å². The Hall–Kier alpha value is -6.52. The lowest BCUT2D eigenvalue weighted by atomic mass is 9.93. The van der Waals surface area contributed by atoms with Crippen LogP contribution in [0.5, 0.6) is 0 Å². The van der Waals surface area contributed by atoms with Gasteiger partial charge in [-0.1, -0.05) is 121 Å². The molecule has 0 aliphatic carbocycles. The molecule has 0 radical (unpaired) electrons. The fourth-order valence-corrected chi connectivity index (χ4v) is 6.50. The molecule has 4 nitrogen and oxygen atoms in total. The summed E-state index contributed by atoms with van der Waals surface area (Å²) in [5.74, 6) is 1.41. The molecule has 0 spiro atoms. The predicted molar refractivity (Wildman–Crippen MR) is 194 cm³/mol. The number of benzene rings is 5. The van der Waals surface area contributed by atoms with Gasteiger partial charge in [0.25, 0.3) is 0 Å². The van der Waals surface area contributed by atoms with Gasteiger partial charge in [0.1, 0.15) is 11.4 Å². The first kappa shape index (κ1) is 27.8. The van der Waals surface area contributed by atoms with Crippen LogP contribution in [0.2, 0.25) is 0 Å². The third-order valence-electron chi connectivity index (χ3n) is 8.91. The topological polar surface area (TPSA) is 52.1 Å². The highest BCUT2D eigenvalue weighted by molar-refractivity contribution is 6.13. The van der Waals surface area contributed by atoms with Gasteiger partial charge in [-0.2, -0.15) is 0 Å². The lowest BCUT2D eigenvalue weighted by Crippen LogP contribution is -1.95. The Morgan fingerprint density at radius 2 is 0.708 bits per heavy atom. The predicted octanol–water partition coefficient (Wildman–Crippen LogP) is 12.0.